The Labute approximate surface area is 368 Å². The quantitative estimate of drug-likeness (QED) is 0.183. The smallest absolute Gasteiger partial charge is 0.407 e. The first-order valence-electron chi connectivity index (χ1n) is 24.2. The molecule has 7 aliphatic rings. The number of aliphatic carboxylic acids is 1. The molecule has 0 spiro atoms. The summed E-state index contributed by atoms with van der Waals surface area (Å²) < 4.78 is 37.0. The molecular weight excluding hydrogens is 791 g/mol. The Morgan fingerprint density at radius 2 is 1.46 bits per heavy atom. The van der Waals surface area contributed by atoms with Crippen molar-refractivity contribution in [3.05, 3.63) is 0 Å². The molecule has 0 bridgehead atoms. The van der Waals surface area contributed by atoms with Crippen LogP contribution in [0, 0.1) is 74.4 Å². The summed E-state index contributed by atoms with van der Waals surface area (Å²) in [4.78, 5) is 40.7. The number of sulfone groups is 1. The van der Waals surface area contributed by atoms with E-state index in [4.69, 9.17) is 9.47 Å². The molecular formula is C49H83N3O8S. The fourth-order valence-electron chi connectivity index (χ4n) is 16.1. The molecule has 7 rings (SSSR count). The van der Waals surface area contributed by atoms with Crippen molar-refractivity contribution in [2.75, 3.05) is 37.7 Å². The number of carboxylic acid groups (broad SMARTS) is 1. The Kier molecular flexibility index (Phi) is 12.3. The standard InChI is InChI=1S/C49H83N3O8S/c1-30(2)32-15-20-49(51-29-31(28-50-42(56)60-43(3,4)5)52-23-25-61(57,58)26-24-52)22-21-47(11)33(39(32)49)13-14-37-46(10)18-17-38(45(8,9)36(46)16-19-48(37,47)12)59-41(55)35-27-34(40(53)54)44(35,6)7/h30-39,51H,13-29H2,1-12H3,(H,50,56)(H,53,54)/t31?,32-,33+,34-,35+,36-,37+,38-,39+,46-,47+,48+,49-/m0/s1. The lowest BCUT2D eigenvalue weighted by Gasteiger charge is -2.73. The van der Waals surface area contributed by atoms with E-state index < -0.39 is 38.8 Å². The zero-order chi connectivity index (χ0) is 44.9. The topological polar surface area (TPSA) is 151 Å². The summed E-state index contributed by atoms with van der Waals surface area (Å²) in [7, 11) is -3.05. The van der Waals surface area contributed by atoms with Gasteiger partial charge in [0.15, 0.2) is 9.84 Å². The third kappa shape index (κ3) is 8.00. The first-order chi connectivity index (χ1) is 28.1. The highest BCUT2D eigenvalue weighted by Gasteiger charge is 2.71. The number of nitrogens with zero attached hydrogens (tertiary/aromatic N) is 1. The van der Waals surface area contributed by atoms with Gasteiger partial charge in [-0.2, -0.15) is 0 Å². The summed E-state index contributed by atoms with van der Waals surface area (Å²) in [5.41, 5.74) is -0.898. The molecule has 0 aromatic heterocycles. The van der Waals surface area contributed by atoms with Gasteiger partial charge in [-0.1, -0.05) is 62.3 Å². The van der Waals surface area contributed by atoms with Gasteiger partial charge in [0, 0.05) is 43.2 Å². The molecule has 1 unspecified atom stereocenters. The number of fused-ring (bicyclic) bond motifs is 7. The normalized spacial score (nSPS) is 43.0. The molecule has 61 heavy (non-hydrogen) atoms. The van der Waals surface area contributed by atoms with Gasteiger partial charge in [-0.15, -0.1) is 0 Å². The molecule has 1 saturated heterocycles. The van der Waals surface area contributed by atoms with Crippen LogP contribution < -0.4 is 10.6 Å². The van der Waals surface area contributed by atoms with Crippen molar-refractivity contribution in [2.45, 2.75) is 177 Å². The number of nitrogens with one attached hydrogen (secondary N) is 2. The zero-order valence-corrected chi connectivity index (χ0v) is 40.8. The Bertz CT molecular complexity index is 1800. The van der Waals surface area contributed by atoms with Crippen LogP contribution in [0.15, 0.2) is 0 Å². The number of esters is 1. The molecule has 1 heterocycles. The maximum Gasteiger partial charge on any atom is 0.407 e. The van der Waals surface area contributed by atoms with Crippen molar-refractivity contribution in [1.82, 2.24) is 15.5 Å². The first-order valence-corrected chi connectivity index (χ1v) is 26.0. The Morgan fingerprint density at radius 1 is 0.787 bits per heavy atom. The molecule has 12 heteroatoms. The molecule has 0 aromatic rings. The second-order valence-electron chi connectivity index (χ2n) is 24.7. The highest BCUT2D eigenvalue weighted by atomic mass is 32.2. The van der Waals surface area contributed by atoms with Crippen LogP contribution in [-0.2, 0) is 28.9 Å². The van der Waals surface area contributed by atoms with Crippen molar-refractivity contribution in [1.29, 1.82) is 0 Å². The summed E-state index contributed by atoms with van der Waals surface area (Å²) in [5, 5.41) is 17.0. The van der Waals surface area contributed by atoms with Crippen LogP contribution in [-0.4, -0.2) is 97.4 Å². The number of ether oxygens (including phenoxy) is 2. The first kappa shape index (κ1) is 47.1. The van der Waals surface area contributed by atoms with E-state index >= 15 is 0 Å². The fraction of sp³-hybridized carbons (Fsp3) is 0.939. The van der Waals surface area contributed by atoms with E-state index in [-0.39, 0.29) is 62.7 Å². The maximum atomic E-state index is 13.7. The highest BCUT2D eigenvalue weighted by molar-refractivity contribution is 7.91. The minimum absolute atomic E-state index is 0.00113. The zero-order valence-electron chi connectivity index (χ0n) is 40.0. The molecule has 11 nitrogen and oxygen atoms in total. The molecule has 348 valence electrons. The molecule has 0 radical (unpaired) electrons. The van der Waals surface area contributed by atoms with Crippen molar-refractivity contribution >= 4 is 27.9 Å². The summed E-state index contributed by atoms with van der Waals surface area (Å²) in [6.07, 6.45) is 11.1. The Hall–Kier alpha value is -1.92. The number of carbonyl (C=O) groups is 3. The highest BCUT2D eigenvalue weighted by Crippen LogP contribution is 2.76. The van der Waals surface area contributed by atoms with E-state index in [0.29, 0.717) is 68.1 Å². The van der Waals surface area contributed by atoms with Crippen molar-refractivity contribution in [3.8, 4) is 0 Å². The third-order valence-corrected chi connectivity index (χ3v) is 21.5. The van der Waals surface area contributed by atoms with Gasteiger partial charge in [0.25, 0.3) is 0 Å². The van der Waals surface area contributed by atoms with Crippen molar-refractivity contribution in [2.24, 2.45) is 74.4 Å². The van der Waals surface area contributed by atoms with Crippen molar-refractivity contribution in [3.63, 3.8) is 0 Å². The van der Waals surface area contributed by atoms with Gasteiger partial charge in [-0.05, 0) is 149 Å². The summed E-state index contributed by atoms with van der Waals surface area (Å²) in [6, 6.07) is -0.0486. The van der Waals surface area contributed by atoms with Gasteiger partial charge in [0.1, 0.15) is 11.7 Å². The van der Waals surface area contributed by atoms with Crippen LogP contribution in [0.2, 0.25) is 0 Å². The van der Waals surface area contributed by atoms with Crippen LogP contribution in [0.5, 0.6) is 0 Å². The van der Waals surface area contributed by atoms with E-state index in [1.54, 1.807) is 0 Å². The molecule has 6 saturated carbocycles. The monoisotopic (exact) mass is 874 g/mol. The maximum absolute atomic E-state index is 13.7. The van der Waals surface area contributed by atoms with E-state index in [1.165, 1.54) is 32.1 Å². The Balaban J connectivity index is 1.09. The average molecular weight is 874 g/mol. The molecule has 0 aromatic carbocycles. The minimum Gasteiger partial charge on any atom is -0.481 e. The van der Waals surface area contributed by atoms with Crippen LogP contribution in [0.1, 0.15) is 154 Å². The second-order valence-corrected chi connectivity index (χ2v) is 27.0. The van der Waals surface area contributed by atoms with Gasteiger partial charge in [-0.25, -0.2) is 13.2 Å². The summed E-state index contributed by atoms with van der Waals surface area (Å²) in [5.74, 6) is 1.73. The molecule has 7 fully saturated rings. The van der Waals surface area contributed by atoms with E-state index in [9.17, 15) is 27.9 Å². The summed E-state index contributed by atoms with van der Waals surface area (Å²) in [6.45, 7) is 28.9. The predicted molar refractivity (Wildman–Crippen MR) is 238 cm³/mol. The van der Waals surface area contributed by atoms with Crippen molar-refractivity contribution < 1.29 is 37.4 Å². The Morgan fingerprint density at radius 3 is 2.07 bits per heavy atom. The lowest BCUT2D eigenvalue weighted by atomic mass is 9.32. The number of rotatable bonds is 10. The SMILES string of the molecule is CC(C)[C@@H]1CC[C@]2(NCC(CNC(=O)OC(C)(C)C)N3CCS(=O)(=O)CC3)CC[C@]3(C)[C@H](CC[C@@H]4[C@@]5(C)CC[C@H](OC(=O)[C@H]6C[C@@H](C(=O)O)C6(C)C)C(C)(C)[C@@H]5CC[C@]43C)[C@@H]12. The lowest BCUT2D eigenvalue weighted by molar-refractivity contribution is -0.249. The van der Waals surface area contributed by atoms with Crippen LogP contribution >= 0.6 is 0 Å². The van der Waals surface area contributed by atoms with Gasteiger partial charge in [0.05, 0.1) is 23.3 Å². The van der Waals surface area contributed by atoms with E-state index in [1.807, 2.05) is 34.6 Å². The van der Waals surface area contributed by atoms with Crippen LogP contribution in [0.25, 0.3) is 0 Å². The van der Waals surface area contributed by atoms with E-state index in [0.717, 1.165) is 32.1 Å². The average Bonchev–Trinajstić information content (AvgIpc) is 3.52. The van der Waals surface area contributed by atoms with Gasteiger partial charge in [0.2, 0.25) is 0 Å². The lowest BCUT2D eigenvalue weighted by Crippen LogP contribution is -2.69. The van der Waals surface area contributed by atoms with Crippen LogP contribution in [0.3, 0.4) is 0 Å². The molecule has 13 atom stereocenters. The van der Waals surface area contributed by atoms with E-state index in [2.05, 4.69) is 64.0 Å². The summed E-state index contributed by atoms with van der Waals surface area (Å²) >= 11 is 0. The van der Waals surface area contributed by atoms with Gasteiger partial charge in [-0.3, -0.25) is 14.5 Å². The number of amides is 1. The number of hydrogen-bond acceptors (Lipinski definition) is 9. The molecule has 3 N–H and O–H groups in total. The number of carbonyl (C=O) groups excluding carboxylic acids is 2. The number of carboxylic acids is 1. The second kappa shape index (κ2) is 15.9. The van der Waals surface area contributed by atoms with Gasteiger partial charge >= 0.3 is 18.0 Å². The third-order valence-electron chi connectivity index (χ3n) is 19.9. The molecule has 1 aliphatic heterocycles. The fourth-order valence-corrected chi connectivity index (χ4v) is 17.3. The van der Waals surface area contributed by atoms with Gasteiger partial charge < -0.3 is 25.2 Å². The van der Waals surface area contributed by atoms with Crippen LogP contribution in [0.4, 0.5) is 4.79 Å². The number of hydrogen-bond donors (Lipinski definition) is 3. The minimum atomic E-state index is -3.05. The molecule has 6 aliphatic carbocycles. The number of alkyl carbamates (subject to hydrolysis) is 1. The molecule has 1 amide bonds. The largest absolute Gasteiger partial charge is 0.481 e. The predicted octanol–water partition coefficient (Wildman–Crippen LogP) is 8.35.